The van der Waals surface area contributed by atoms with E-state index in [0.29, 0.717) is 22.1 Å². The minimum atomic E-state index is -0.200. The van der Waals surface area contributed by atoms with E-state index in [1.165, 1.54) is 22.7 Å². The van der Waals surface area contributed by atoms with Crippen molar-refractivity contribution in [2.24, 2.45) is 0 Å². The Morgan fingerprint density at radius 1 is 1.11 bits per heavy atom. The number of hydrogen-bond acceptors (Lipinski definition) is 7. The van der Waals surface area contributed by atoms with Gasteiger partial charge in [-0.15, -0.1) is 22.7 Å². The number of aryl methyl sites for hydroxylation is 1. The maximum Gasteiger partial charge on any atom is 0.258 e. The van der Waals surface area contributed by atoms with Gasteiger partial charge < -0.3 is 5.32 Å². The van der Waals surface area contributed by atoms with Crippen molar-refractivity contribution in [3.05, 3.63) is 56.7 Å². The second kappa shape index (κ2) is 7.55. The number of nitrogens with one attached hydrogen (secondary N) is 2. The highest BCUT2D eigenvalue weighted by molar-refractivity contribution is 7.18. The van der Waals surface area contributed by atoms with Crippen molar-refractivity contribution in [1.29, 1.82) is 0 Å². The highest BCUT2D eigenvalue weighted by Gasteiger charge is 2.12. The Balaban J connectivity index is 1.37. The minimum absolute atomic E-state index is 0.138. The molecule has 4 aromatic rings. The third-order valence-electron chi connectivity index (χ3n) is 3.68. The lowest BCUT2D eigenvalue weighted by Gasteiger charge is -2.04. The van der Waals surface area contributed by atoms with E-state index in [1.807, 2.05) is 30.5 Å². The molecule has 0 saturated heterocycles. The number of anilines is 2. The molecule has 6 nitrogen and oxygen atoms in total. The van der Waals surface area contributed by atoms with Crippen LogP contribution in [-0.2, 0) is 11.2 Å². The smallest absolute Gasteiger partial charge is 0.258 e. The first-order chi connectivity index (χ1) is 13.1. The summed E-state index contributed by atoms with van der Waals surface area (Å²) in [5.74, 6) is -0.365. The Morgan fingerprint density at radius 2 is 2.00 bits per heavy atom. The lowest BCUT2D eigenvalue weighted by Crippen LogP contribution is -2.15. The van der Waals surface area contributed by atoms with Crippen molar-refractivity contribution in [3.8, 4) is 0 Å². The van der Waals surface area contributed by atoms with Crippen LogP contribution in [0.2, 0.25) is 0 Å². The molecule has 0 unspecified atom stereocenters. The first kappa shape index (κ1) is 17.8. The second-order valence-electron chi connectivity index (χ2n) is 5.75. The number of benzene rings is 1. The second-order valence-corrected chi connectivity index (χ2v) is 8.62. The molecule has 4 rings (SSSR count). The van der Waals surface area contributed by atoms with Gasteiger partial charge in [0.05, 0.1) is 32.9 Å². The van der Waals surface area contributed by atoms with Crippen LogP contribution in [0.15, 0.2) is 40.4 Å². The topological polar surface area (TPSA) is 84.0 Å². The Morgan fingerprint density at radius 3 is 2.81 bits per heavy atom. The number of thiophene rings is 1. The van der Waals surface area contributed by atoms with Gasteiger partial charge in [0.1, 0.15) is 0 Å². The van der Waals surface area contributed by atoms with Crippen molar-refractivity contribution >= 4 is 66.9 Å². The largest absolute Gasteiger partial charge is 0.326 e. The predicted molar refractivity (Wildman–Crippen MR) is 111 cm³/mol. The zero-order valence-corrected chi connectivity index (χ0v) is 16.6. The highest BCUT2D eigenvalue weighted by atomic mass is 32.1. The quantitative estimate of drug-likeness (QED) is 0.502. The number of amides is 2. The third-order valence-corrected chi connectivity index (χ3v) is 6.12. The van der Waals surface area contributed by atoms with Crippen LogP contribution < -0.4 is 10.6 Å². The number of hydrogen-bond donors (Lipinski definition) is 2. The number of fused-ring (bicyclic) bond motifs is 1. The fourth-order valence-corrected chi connectivity index (χ4v) is 4.65. The molecular formula is C18H14N4O2S3. The Hall–Kier alpha value is -2.62. The molecule has 27 heavy (non-hydrogen) atoms. The van der Waals surface area contributed by atoms with Crippen molar-refractivity contribution in [1.82, 2.24) is 9.97 Å². The third kappa shape index (κ3) is 4.21. The summed E-state index contributed by atoms with van der Waals surface area (Å²) in [6, 6.07) is 7.44. The minimum Gasteiger partial charge on any atom is -0.326 e. The SMILES string of the molecule is Cc1nc2cc(NC(=O)Cc3csc(NC(=O)c4ccsc4)n3)ccc2s1. The number of thiazole rings is 2. The standard InChI is InChI=1S/C18H14N4O2S3/c1-10-19-14-6-12(2-3-15(14)27-10)20-16(23)7-13-9-26-18(21-13)22-17(24)11-4-5-25-8-11/h2-6,8-9H,7H2,1H3,(H,20,23)(H,21,22,24). The molecular weight excluding hydrogens is 400 g/mol. The summed E-state index contributed by atoms with van der Waals surface area (Å²) in [5, 5.41) is 12.5. The van der Waals surface area contributed by atoms with Crippen molar-refractivity contribution in [3.63, 3.8) is 0 Å². The Bertz CT molecular complexity index is 1120. The number of carbonyl (C=O) groups is 2. The zero-order valence-electron chi connectivity index (χ0n) is 14.2. The molecule has 0 fully saturated rings. The van der Waals surface area contributed by atoms with Gasteiger partial charge >= 0.3 is 0 Å². The molecule has 3 heterocycles. The maximum atomic E-state index is 12.3. The van der Waals surface area contributed by atoms with Crippen LogP contribution in [0.5, 0.6) is 0 Å². The van der Waals surface area contributed by atoms with Crippen LogP contribution in [0.25, 0.3) is 10.2 Å². The zero-order chi connectivity index (χ0) is 18.8. The van der Waals surface area contributed by atoms with Crippen molar-refractivity contribution < 1.29 is 9.59 Å². The summed E-state index contributed by atoms with van der Waals surface area (Å²) in [6.07, 6.45) is 0.138. The Kier molecular flexibility index (Phi) is 4.97. The van der Waals surface area contributed by atoms with E-state index in [1.54, 1.807) is 28.2 Å². The maximum absolute atomic E-state index is 12.3. The molecule has 3 aromatic heterocycles. The molecule has 0 atom stereocenters. The van der Waals surface area contributed by atoms with Gasteiger partial charge in [0.25, 0.3) is 5.91 Å². The molecule has 9 heteroatoms. The van der Waals surface area contributed by atoms with Gasteiger partial charge in [-0.1, -0.05) is 0 Å². The summed E-state index contributed by atoms with van der Waals surface area (Å²) in [4.78, 5) is 33.1. The lowest BCUT2D eigenvalue weighted by atomic mass is 10.2. The molecule has 0 aliphatic carbocycles. The van der Waals surface area contributed by atoms with Crippen molar-refractivity contribution in [2.45, 2.75) is 13.3 Å². The summed E-state index contributed by atoms with van der Waals surface area (Å²) in [5.41, 5.74) is 2.80. The number of carbonyl (C=O) groups excluding carboxylic acids is 2. The molecule has 0 aliphatic rings. The van der Waals surface area contributed by atoms with Crippen molar-refractivity contribution in [2.75, 3.05) is 10.6 Å². The summed E-state index contributed by atoms with van der Waals surface area (Å²) >= 11 is 4.38. The first-order valence-corrected chi connectivity index (χ1v) is 10.7. The average molecular weight is 415 g/mol. The van der Waals surface area contributed by atoms with E-state index in [9.17, 15) is 9.59 Å². The van der Waals surface area contributed by atoms with Crippen LogP contribution >= 0.6 is 34.0 Å². The molecule has 0 bridgehead atoms. The predicted octanol–water partition coefficient (Wildman–Crippen LogP) is 4.56. The normalized spacial score (nSPS) is 10.9. The summed E-state index contributed by atoms with van der Waals surface area (Å²) < 4.78 is 1.09. The molecule has 2 N–H and O–H groups in total. The van der Waals surface area contributed by atoms with Gasteiger partial charge in [-0.3, -0.25) is 14.9 Å². The highest BCUT2D eigenvalue weighted by Crippen LogP contribution is 2.24. The van der Waals surface area contributed by atoms with Crippen LogP contribution in [-0.4, -0.2) is 21.8 Å². The lowest BCUT2D eigenvalue weighted by molar-refractivity contribution is -0.115. The summed E-state index contributed by atoms with van der Waals surface area (Å²) in [7, 11) is 0. The van der Waals surface area contributed by atoms with E-state index in [4.69, 9.17) is 0 Å². The van der Waals surface area contributed by atoms with Crippen LogP contribution in [0.1, 0.15) is 21.1 Å². The van der Waals surface area contributed by atoms with Gasteiger partial charge in [0.15, 0.2) is 5.13 Å². The van der Waals surface area contributed by atoms with Crippen LogP contribution in [0, 0.1) is 6.92 Å². The first-order valence-electron chi connectivity index (χ1n) is 8.02. The number of nitrogens with zero attached hydrogens (tertiary/aromatic N) is 2. The molecule has 0 saturated carbocycles. The molecule has 0 radical (unpaired) electrons. The van der Waals surface area contributed by atoms with E-state index >= 15 is 0 Å². The van der Waals surface area contributed by atoms with Gasteiger partial charge in [0.2, 0.25) is 5.91 Å². The van der Waals surface area contributed by atoms with Gasteiger partial charge in [-0.2, -0.15) is 11.3 Å². The van der Waals surface area contributed by atoms with Gasteiger partial charge in [-0.25, -0.2) is 9.97 Å². The molecule has 1 aromatic carbocycles. The number of rotatable bonds is 5. The van der Waals surface area contributed by atoms with E-state index in [0.717, 1.165) is 15.2 Å². The molecule has 136 valence electrons. The monoisotopic (exact) mass is 414 g/mol. The Labute approximate surface area is 166 Å². The fourth-order valence-electron chi connectivity index (χ4n) is 2.50. The van der Waals surface area contributed by atoms with Crippen LogP contribution in [0.4, 0.5) is 10.8 Å². The average Bonchev–Trinajstić information content (AvgIpc) is 3.34. The van der Waals surface area contributed by atoms with E-state index in [-0.39, 0.29) is 18.2 Å². The van der Waals surface area contributed by atoms with Crippen LogP contribution in [0.3, 0.4) is 0 Å². The van der Waals surface area contributed by atoms with E-state index in [2.05, 4.69) is 20.6 Å². The van der Waals surface area contributed by atoms with E-state index < -0.39 is 0 Å². The van der Waals surface area contributed by atoms with Gasteiger partial charge in [-0.05, 0) is 36.6 Å². The summed E-state index contributed by atoms with van der Waals surface area (Å²) in [6.45, 7) is 1.96. The number of aromatic nitrogens is 2. The van der Waals surface area contributed by atoms with Gasteiger partial charge in [0, 0.05) is 16.4 Å². The molecule has 2 amide bonds. The molecule has 0 aliphatic heterocycles. The fraction of sp³-hybridized carbons (Fsp3) is 0.111. The molecule has 0 spiro atoms.